The van der Waals surface area contributed by atoms with E-state index in [1.54, 1.807) is 12.3 Å². The molecule has 1 saturated carbocycles. The minimum Gasteiger partial charge on any atom is -0.481 e. The lowest BCUT2D eigenvalue weighted by atomic mass is 9.77. The molecule has 3 N–H and O–H groups in total. The standard InChI is InChI=1S/C29H33N3O5S/c1-4-5-20(21-10-7-19(8-11-21)14-28(34)35)9-6-18(2)25-16-27(33)23(17-30-25)29-31-24-13-12-22(38(3,36)37)15-26(24)32-29/h5-6,9,12-13,15-17,19,21H,2,4,7-8,10-11,14H2,1,3H3,(H,30,33)(H,31,32)(H,34,35). The van der Waals surface area contributed by atoms with E-state index in [4.69, 9.17) is 5.11 Å². The van der Waals surface area contributed by atoms with Crippen LogP contribution in [0.4, 0.5) is 0 Å². The molecule has 200 valence electrons. The molecule has 2 heterocycles. The van der Waals surface area contributed by atoms with Crippen molar-refractivity contribution in [1.82, 2.24) is 15.0 Å². The molecule has 38 heavy (non-hydrogen) atoms. The Kier molecular flexibility index (Phi) is 8.16. The summed E-state index contributed by atoms with van der Waals surface area (Å²) in [4.78, 5) is 34.8. The van der Waals surface area contributed by atoms with E-state index in [0.717, 1.165) is 38.4 Å². The lowest BCUT2D eigenvalue weighted by Crippen LogP contribution is -2.18. The van der Waals surface area contributed by atoms with E-state index >= 15 is 0 Å². The number of carbonyl (C=O) groups is 1. The van der Waals surface area contributed by atoms with E-state index in [9.17, 15) is 18.0 Å². The Bertz CT molecular complexity index is 1590. The van der Waals surface area contributed by atoms with E-state index < -0.39 is 15.8 Å². The van der Waals surface area contributed by atoms with E-state index in [2.05, 4.69) is 40.6 Å². The molecule has 1 aliphatic rings. The molecule has 3 aromatic rings. The number of nitrogens with one attached hydrogen (secondary N) is 2. The molecular weight excluding hydrogens is 502 g/mol. The number of benzene rings is 1. The molecular formula is C29H33N3O5S. The van der Waals surface area contributed by atoms with Crippen LogP contribution >= 0.6 is 0 Å². The smallest absolute Gasteiger partial charge is 0.303 e. The molecule has 1 aliphatic carbocycles. The maximum Gasteiger partial charge on any atom is 0.303 e. The Labute approximate surface area is 222 Å². The molecule has 8 nitrogen and oxygen atoms in total. The van der Waals surface area contributed by atoms with Crippen LogP contribution in [-0.2, 0) is 14.6 Å². The van der Waals surface area contributed by atoms with Gasteiger partial charge in [-0.15, -0.1) is 0 Å². The summed E-state index contributed by atoms with van der Waals surface area (Å²) in [6, 6.07) is 6.10. The summed E-state index contributed by atoms with van der Waals surface area (Å²) in [5.74, 6) is 0.270. The number of fused-ring (bicyclic) bond motifs is 1. The highest BCUT2D eigenvalue weighted by atomic mass is 32.2. The molecule has 0 radical (unpaired) electrons. The van der Waals surface area contributed by atoms with Crippen LogP contribution in [0.15, 0.2) is 70.5 Å². The van der Waals surface area contributed by atoms with Gasteiger partial charge in [-0.1, -0.05) is 31.7 Å². The fourth-order valence-electron chi connectivity index (χ4n) is 5.03. The van der Waals surface area contributed by atoms with Crippen LogP contribution in [0, 0.1) is 11.8 Å². The molecule has 0 aliphatic heterocycles. The molecule has 1 fully saturated rings. The lowest BCUT2D eigenvalue weighted by molar-refractivity contribution is -0.138. The van der Waals surface area contributed by atoms with Crippen LogP contribution in [0.25, 0.3) is 28.0 Å². The van der Waals surface area contributed by atoms with Crippen LogP contribution in [-0.4, -0.2) is 40.7 Å². The van der Waals surface area contributed by atoms with Crippen LogP contribution in [0.3, 0.4) is 0 Å². The maximum atomic E-state index is 12.9. The number of imidazole rings is 1. The van der Waals surface area contributed by atoms with Crippen molar-refractivity contribution >= 4 is 32.4 Å². The predicted molar refractivity (Wildman–Crippen MR) is 150 cm³/mol. The Morgan fingerprint density at radius 1 is 1.18 bits per heavy atom. The first-order chi connectivity index (χ1) is 18.0. The summed E-state index contributed by atoms with van der Waals surface area (Å²) in [5.41, 5.74) is 3.67. The summed E-state index contributed by atoms with van der Waals surface area (Å²) < 4.78 is 23.7. The number of hydrogen-bond donors (Lipinski definition) is 3. The normalized spacial score (nSPS) is 18.7. The number of nitrogens with zero attached hydrogens (tertiary/aromatic N) is 1. The average Bonchev–Trinajstić information content (AvgIpc) is 3.29. The first-order valence-corrected chi connectivity index (χ1v) is 14.7. The molecule has 0 saturated heterocycles. The van der Waals surface area contributed by atoms with Crippen molar-refractivity contribution in [2.45, 2.75) is 50.3 Å². The number of aromatic nitrogens is 3. The summed E-state index contributed by atoms with van der Waals surface area (Å²) in [5, 5.41) is 9.07. The first-order valence-electron chi connectivity index (χ1n) is 12.8. The third kappa shape index (κ3) is 6.39. The molecule has 0 atom stereocenters. The van der Waals surface area contributed by atoms with Gasteiger partial charge in [0.25, 0.3) is 0 Å². The lowest BCUT2D eigenvalue weighted by Gasteiger charge is -2.28. The molecule has 0 spiro atoms. The van der Waals surface area contributed by atoms with Gasteiger partial charge < -0.3 is 15.1 Å². The number of aromatic amines is 2. The summed E-state index contributed by atoms with van der Waals surface area (Å²) >= 11 is 0. The molecule has 2 aromatic heterocycles. The van der Waals surface area contributed by atoms with Crippen molar-refractivity contribution in [2.24, 2.45) is 11.8 Å². The number of carboxylic acid groups (broad SMARTS) is 1. The van der Waals surface area contributed by atoms with Gasteiger partial charge in [0.2, 0.25) is 0 Å². The van der Waals surface area contributed by atoms with Crippen molar-refractivity contribution in [1.29, 1.82) is 0 Å². The zero-order valence-corrected chi connectivity index (χ0v) is 22.5. The topological polar surface area (TPSA) is 133 Å². The number of allylic oxidation sites excluding steroid dienone is 5. The number of aliphatic carboxylic acids is 1. The summed E-state index contributed by atoms with van der Waals surface area (Å²) in [7, 11) is -3.36. The zero-order chi connectivity index (χ0) is 27.4. The Morgan fingerprint density at radius 3 is 2.55 bits per heavy atom. The third-order valence-electron chi connectivity index (χ3n) is 7.09. The van der Waals surface area contributed by atoms with Gasteiger partial charge in [0, 0.05) is 30.6 Å². The van der Waals surface area contributed by atoms with Crippen molar-refractivity contribution in [3.8, 4) is 11.4 Å². The SMILES string of the molecule is C=C(C=CC(=CCC)C1CCC(CC(=O)O)CC1)c1cc(=O)c(-c2nc3ccc(S(C)(=O)=O)cc3[nH]2)c[nH]1. The quantitative estimate of drug-likeness (QED) is 0.310. The molecule has 1 aromatic carbocycles. The van der Waals surface area contributed by atoms with Crippen molar-refractivity contribution in [2.75, 3.05) is 6.26 Å². The van der Waals surface area contributed by atoms with Crippen molar-refractivity contribution in [3.05, 3.63) is 76.8 Å². The second kappa shape index (κ2) is 11.3. The van der Waals surface area contributed by atoms with E-state index in [1.807, 2.05) is 6.08 Å². The maximum absolute atomic E-state index is 12.9. The largest absolute Gasteiger partial charge is 0.481 e. The number of sulfone groups is 1. The number of rotatable bonds is 9. The highest BCUT2D eigenvalue weighted by Gasteiger charge is 2.24. The van der Waals surface area contributed by atoms with E-state index in [0.29, 0.717) is 39.6 Å². The molecule has 4 rings (SSSR count). The van der Waals surface area contributed by atoms with Gasteiger partial charge in [-0.05, 0) is 73.3 Å². The number of hydrogen-bond acceptors (Lipinski definition) is 5. The van der Waals surface area contributed by atoms with E-state index in [1.165, 1.54) is 23.8 Å². The Balaban J connectivity index is 1.49. The van der Waals surface area contributed by atoms with Crippen LogP contribution in [0.5, 0.6) is 0 Å². The molecule has 0 amide bonds. The Hall–Kier alpha value is -3.72. The van der Waals surface area contributed by atoms with Gasteiger partial charge in [0.05, 0.1) is 21.5 Å². The predicted octanol–water partition coefficient (Wildman–Crippen LogP) is 5.51. The molecule has 0 unspecified atom stereocenters. The number of H-pyrrole nitrogens is 2. The molecule has 9 heteroatoms. The van der Waals surface area contributed by atoms with Crippen molar-refractivity contribution < 1.29 is 18.3 Å². The van der Waals surface area contributed by atoms with Gasteiger partial charge >= 0.3 is 5.97 Å². The summed E-state index contributed by atoms with van der Waals surface area (Å²) in [6.07, 6.45) is 13.8. The number of carboxylic acids is 1. The first kappa shape index (κ1) is 27.3. The highest BCUT2D eigenvalue weighted by Crippen LogP contribution is 2.35. The Morgan fingerprint density at radius 2 is 1.92 bits per heavy atom. The minimum absolute atomic E-state index is 0.178. The minimum atomic E-state index is -3.36. The number of pyridine rings is 1. The van der Waals surface area contributed by atoms with Crippen LogP contribution in [0.1, 0.15) is 51.1 Å². The van der Waals surface area contributed by atoms with Gasteiger partial charge in [-0.2, -0.15) is 0 Å². The average molecular weight is 536 g/mol. The van der Waals surface area contributed by atoms with Crippen LogP contribution < -0.4 is 5.43 Å². The van der Waals surface area contributed by atoms with Crippen LogP contribution in [0.2, 0.25) is 0 Å². The zero-order valence-electron chi connectivity index (χ0n) is 21.7. The van der Waals surface area contributed by atoms with E-state index in [-0.39, 0.29) is 22.7 Å². The summed E-state index contributed by atoms with van der Waals surface area (Å²) in [6.45, 7) is 6.22. The fourth-order valence-corrected chi connectivity index (χ4v) is 5.68. The third-order valence-corrected chi connectivity index (χ3v) is 8.20. The van der Waals surface area contributed by atoms with Gasteiger partial charge in [0.15, 0.2) is 15.3 Å². The second-order valence-corrected chi connectivity index (χ2v) is 12.0. The molecule has 0 bridgehead atoms. The second-order valence-electron chi connectivity index (χ2n) is 9.95. The van der Waals surface area contributed by atoms with Gasteiger partial charge in [-0.25, -0.2) is 13.4 Å². The monoisotopic (exact) mass is 535 g/mol. The van der Waals surface area contributed by atoms with Gasteiger partial charge in [0.1, 0.15) is 5.82 Å². The van der Waals surface area contributed by atoms with Gasteiger partial charge in [-0.3, -0.25) is 9.59 Å². The fraction of sp³-hybridized carbons (Fsp3) is 0.345. The van der Waals surface area contributed by atoms with Crippen molar-refractivity contribution in [3.63, 3.8) is 0 Å². The highest BCUT2D eigenvalue weighted by molar-refractivity contribution is 7.90.